The number of rotatable bonds is 3. The monoisotopic (exact) mass is 226 g/mol. The lowest BCUT2D eigenvalue weighted by atomic mass is 9.78. The molecule has 2 heteroatoms. The van der Waals surface area contributed by atoms with Gasteiger partial charge in [-0.3, -0.25) is 4.79 Å². The molecule has 0 amide bonds. The molecule has 1 aliphatic carbocycles. The summed E-state index contributed by atoms with van der Waals surface area (Å²) in [4.78, 5) is 11.2. The third kappa shape index (κ3) is 3.80. The second-order valence-corrected chi connectivity index (χ2v) is 5.30. The van der Waals surface area contributed by atoms with E-state index in [0.717, 1.165) is 6.42 Å². The molecule has 0 aliphatic heterocycles. The van der Waals surface area contributed by atoms with Gasteiger partial charge in [-0.1, -0.05) is 39.0 Å². The van der Waals surface area contributed by atoms with Gasteiger partial charge in [0.25, 0.3) is 0 Å². The topological polar surface area (TPSA) is 26.3 Å². The molecule has 0 aromatic carbocycles. The first-order chi connectivity index (χ1) is 7.58. The first kappa shape index (κ1) is 13.5. The van der Waals surface area contributed by atoms with Gasteiger partial charge < -0.3 is 4.74 Å². The Bertz CT molecular complexity index is 217. The zero-order chi connectivity index (χ0) is 12.0. The third-order valence-corrected chi connectivity index (χ3v) is 4.05. The summed E-state index contributed by atoms with van der Waals surface area (Å²) in [5.74, 6) is 0.424. The fourth-order valence-electron chi connectivity index (χ4n) is 2.84. The number of hydrogen-bond acceptors (Lipinski definition) is 2. The highest BCUT2D eigenvalue weighted by Gasteiger charge is 2.35. The zero-order valence-electron chi connectivity index (χ0n) is 11.1. The van der Waals surface area contributed by atoms with Gasteiger partial charge in [0.05, 0.1) is 0 Å². The van der Waals surface area contributed by atoms with Crippen molar-refractivity contribution in [2.24, 2.45) is 5.92 Å². The highest BCUT2D eigenvalue weighted by Crippen LogP contribution is 2.35. The summed E-state index contributed by atoms with van der Waals surface area (Å²) in [6, 6.07) is 0. The molecule has 1 fully saturated rings. The first-order valence-corrected chi connectivity index (χ1v) is 6.78. The van der Waals surface area contributed by atoms with Gasteiger partial charge in [0.2, 0.25) is 0 Å². The summed E-state index contributed by atoms with van der Waals surface area (Å²) >= 11 is 0. The maximum Gasteiger partial charge on any atom is 0.303 e. The van der Waals surface area contributed by atoms with E-state index in [4.69, 9.17) is 4.74 Å². The normalized spacial score (nSPS) is 22.9. The minimum absolute atomic E-state index is 0.133. The Morgan fingerprint density at radius 2 is 1.69 bits per heavy atom. The highest BCUT2D eigenvalue weighted by atomic mass is 16.6. The van der Waals surface area contributed by atoms with E-state index in [0.29, 0.717) is 5.92 Å². The van der Waals surface area contributed by atoms with Crippen LogP contribution in [-0.4, -0.2) is 11.6 Å². The fourth-order valence-corrected chi connectivity index (χ4v) is 2.84. The van der Waals surface area contributed by atoms with Crippen LogP contribution in [0.15, 0.2) is 0 Å². The summed E-state index contributed by atoms with van der Waals surface area (Å²) in [5, 5.41) is 0. The van der Waals surface area contributed by atoms with E-state index in [1.54, 1.807) is 0 Å². The van der Waals surface area contributed by atoms with Crippen molar-refractivity contribution >= 4 is 5.97 Å². The number of ether oxygens (including phenoxy) is 1. The van der Waals surface area contributed by atoms with E-state index in [-0.39, 0.29) is 11.6 Å². The molecule has 2 nitrogen and oxygen atoms in total. The lowest BCUT2D eigenvalue weighted by Crippen LogP contribution is -2.39. The van der Waals surface area contributed by atoms with Crippen LogP contribution in [0.4, 0.5) is 0 Å². The average molecular weight is 226 g/mol. The molecule has 0 aromatic rings. The van der Waals surface area contributed by atoms with Crippen LogP contribution in [0.25, 0.3) is 0 Å². The van der Waals surface area contributed by atoms with Crippen LogP contribution in [0, 0.1) is 5.92 Å². The Balaban J connectivity index is 2.63. The summed E-state index contributed by atoms with van der Waals surface area (Å²) < 4.78 is 5.58. The molecule has 1 atom stereocenters. The zero-order valence-corrected chi connectivity index (χ0v) is 11.1. The van der Waals surface area contributed by atoms with Gasteiger partial charge in [-0.25, -0.2) is 0 Å². The van der Waals surface area contributed by atoms with Gasteiger partial charge in [-0.05, 0) is 32.1 Å². The van der Waals surface area contributed by atoms with Crippen LogP contribution in [0.1, 0.15) is 72.1 Å². The largest absolute Gasteiger partial charge is 0.459 e. The number of carbonyl (C=O) groups is 1. The van der Waals surface area contributed by atoms with E-state index in [1.165, 1.54) is 51.9 Å². The molecule has 0 heterocycles. The number of esters is 1. The van der Waals surface area contributed by atoms with Crippen molar-refractivity contribution in [3.05, 3.63) is 0 Å². The lowest BCUT2D eigenvalue weighted by Gasteiger charge is -2.37. The molecule has 94 valence electrons. The molecule has 1 saturated carbocycles. The Morgan fingerprint density at radius 1 is 1.19 bits per heavy atom. The maximum atomic E-state index is 11.2. The molecule has 1 aliphatic rings. The molecule has 0 bridgehead atoms. The highest BCUT2D eigenvalue weighted by molar-refractivity contribution is 5.66. The standard InChI is InChI=1S/C14H26O2/c1-4-14(3,16-12(2)15)13-10-8-6-5-7-9-11-13/h13H,4-11H2,1-3H3. The van der Waals surface area contributed by atoms with E-state index in [9.17, 15) is 4.79 Å². The van der Waals surface area contributed by atoms with E-state index < -0.39 is 0 Å². The molecular weight excluding hydrogens is 200 g/mol. The summed E-state index contributed by atoms with van der Waals surface area (Å²) in [5.41, 5.74) is -0.233. The second kappa shape index (κ2) is 6.27. The predicted molar refractivity (Wildman–Crippen MR) is 66.3 cm³/mol. The second-order valence-electron chi connectivity index (χ2n) is 5.30. The quantitative estimate of drug-likeness (QED) is 0.678. The van der Waals surface area contributed by atoms with Gasteiger partial charge in [-0.2, -0.15) is 0 Å². The van der Waals surface area contributed by atoms with Crippen molar-refractivity contribution in [1.82, 2.24) is 0 Å². The molecule has 0 saturated heterocycles. The lowest BCUT2D eigenvalue weighted by molar-refractivity contribution is -0.162. The predicted octanol–water partition coefficient (Wildman–Crippen LogP) is 4.08. The van der Waals surface area contributed by atoms with Gasteiger partial charge in [0.1, 0.15) is 5.60 Å². The van der Waals surface area contributed by atoms with Crippen LogP contribution >= 0.6 is 0 Å². The molecule has 1 rings (SSSR count). The van der Waals surface area contributed by atoms with E-state index in [2.05, 4.69) is 13.8 Å². The van der Waals surface area contributed by atoms with Crippen LogP contribution < -0.4 is 0 Å². The van der Waals surface area contributed by atoms with Crippen LogP contribution in [0.3, 0.4) is 0 Å². The molecule has 0 N–H and O–H groups in total. The summed E-state index contributed by atoms with van der Waals surface area (Å²) in [7, 11) is 0. The van der Waals surface area contributed by atoms with E-state index in [1.807, 2.05) is 0 Å². The smallest absolute Gasteiger partial charge is 0.303 e. The Labute approximate surface area is 99.8 Å². The van der Waals surface area contributed by atoms with Crippen molar-refractivity contribution in [1.29, 1.82) is 0 Å². The van der Waals surface area contributed by atoms with Gasteiger partial charge in [0.15, 0.2) is 0 Å². The van der Waals surface area contributed by atoms with Crippen molar-refractivity contribution in [3.8, 4) is 0 Å². The maximum absolute atomic E-state index is 11.2. The third-order valence-electron chi connectivity index (χ3n) is 4.05. The van der Waals surface area contributed by atoms with Gasteiger partial charge >= 0.3 is 5.97 Å². The molecule has 16 heavy (non-hydrogen) atoms. The van der Waals surface area contributed by atoms with Crippen LogP contribution in [0.2, 0.25) is 0 Å². The number of carbonyl (C=O) groups excluding carboxylic acids is 1. The Kier molecular flexibility index (Phi) is 5.30. The average Bonchev–Trinajstić information content (AvgIpc) is 2.15. The van der Waals surface area contributed by atoms with Gasteiger partial charge in [-0.15, -0.1) is 0 Å². The van der Waals surface area contributed by atoms with Gasteiger partial charge in [0, 0.05) is 6.92 Å². The Morgan fingerprint density at radius 3 is 2.12 bits per heavy atom. The molecule has 0 radical (unpaired) electrons. The first-order valence-electron chi connectivity index (χ1n) is 6.78. The molecule has 1 unspecified atom stereocenters. The van der Waals surface area contributed by atoms with Crippen LogP contribution in [-0.2, 0) is 9.53 Å². The molecular formula is C14H26O2. The van der Waals surface area contributed by atoms with Crippen molar-refractivity contribution < 1.29 is 9.53 Å². The molecule has 0 spiro atoms. The summed E-state index contributed by atoms with van der Waals surface area (Å²) in [6.07, 6.45) is 10.0. The number of hydrogen-bond donors (Lipinski definition) is 0. The minimum atomic E-state index is -0.233. The van der Waals surface area contributed by atoms with Crippen molar-refractivity contribution in [2.45, 2.75) is 77.7 Å². The fraction of sp³-hybridized carbons (Fsp3) is 0.929. The Hall–Kier alpha value is -0.530. The molecule has 0 aromatic heterocycles. The summed E-state index contributed by atoms with van der Waals surface area (Å²) in [6.45, 7) is 5.76. The van der Waals surface area contributed by atoms with Crippen LogP contribution in [0.5, 0.6) is 0 Å². The SMILES string of the molecule is CCC(C)(OC(C)=O)C1CCCCCCC1. The minimum Gasteiger partial charge on any atom is -0.459 e. The van der Waals surface area contributed by atoms with Crippen molar-refractivity contribution in [2.75, 3.05) is 0 Å². The van der Waals surface area contributed by atoms with Crippen molar-refractivity contribution in [3.63, 3.8) is 0 Å². The van der Waals surface area contributed by atoms with E-state index >= 15 is 0 Å².